The molecule has 0 heterocycles. The van der Waals surface area contributed by atoms with Crippen LogP contribution in [-0.4, -0.2) is 36.1 Å². The van der Waals surface area contributed by atoms with Gasteiger partial charge in [-0.2, -0.15) is 0 Å². The van der Waals surface area contributed by atoms with Gasteiger partial charge in [0.1, 0.15) is 24.2 Å². The topological polar surface area (TPSA) is 58.9 Å². The van der Waals surface area contributed by atoms with Gasteiger partial charge in [0, 0.05) is 6.07 Å². The van der Waals surface area contributed by atoms with Crippen LogP contribution in [0.25, 0.3) is 0 Å². The monoisotopic (exact) mass is 240 g/mol. The summed E-state index contributed by atoms with van der Waals surface area (Å²) < 4.78 is 10.8. The lowest BCUT2D eigenvalue weighted by atomic mass is 10.3. The van der Waals surface area contributed by atoms with E-state index >= 15 is 0 Å². The number of aliphatic hydroxyl groups excluding tert-OH is 2. The van der Waals surface area contributed by atoms with Crippen LogP contribution in [0.4, 0.5) is 0 Å². The van der Waals surface area contributed by atoms with Gasteiger partial charge in [-0.05, 0) is 18.6 Å². The van der Waals surface area contributed by atoms with Crippen LogP contribution in [0.5, 0.6) is 11.5 Å². The maximum absolute atomic E-state index is 9.16. The Balaban J connectivity index is 2.42. The van der Waals surface area contributed by atoms with Gasteiger partial charge in [-0.3, -0.25) is 0 Å². The Morgan fingerprint density at radius 1 is 1.24 bits per heavy atom. The lowest BCUT2D eigenvalue weighted by Crippen LogP contribution is -2.21. The average molecular weight is 240 g/mol. The minimum absolute atomic E-state index is 0.0783. The van der Waals surface area contributed by atoms with Crippen LogP contribution < -0.4 is 9.47 Å². The molecule has 0 fully saturated rings. The van der Waals surface area contributed by atoms with Crippen LogP contribution in [-0.2, 0) is 0 Å². The van der Waals surface area contributed by atoms with Crippen LogP contribution in [0.1, 0.15) is 19.8 Å². The van der Waals surface area contributed by atoms with Crippen LogP contribution >= 0.6 is 0 Å². The summed E-state index contributed by atoms with van der Waals surface area (Å²) in [4.78, 5) is 0. The molecule has 0 saturated carbocycles. The van der Waals surface area contributed by atoms with Gasteiger partial charge in [0.2, 0.25) is 0 Å². The quantitative estimate of drug-likeness (QED) is 0.678. The smallest absolute Gasteiger partial charge is 0.123 e. The average Bonchev–Trinajstić information content (AvgIpc) is 2.37. The van der Waals surface area contributed by atoms with Crippen molar-refractivity contribution >= 4 is 0 Å². The van der Waals surface area contributed by atoms with E-state index in [1.54, 1.807) is 12.1 Å². The molecular formula is C13H20O4. The number of hydrogen-bond acceptors (Lipinski definition) is 4. The minimum Gasteiger partial charge on any atom is -0.493 e. The lowest BCUT2D eigenvalue weighted by molar-refractivity contribution is 0.0535. The Morgan fingerprint density at radius 3 is 2.59 bits per heavy atom. The molecule has 0 amide bonds. The van der Waals surface area contributed by atoms with Crippen LogP contribution in [0.15, 0.2) is 24.3 Å². The third-order valence-corrected chi connectivity index (χ3v) is 2.23. The molecule has 0 radical (unpaired) electrons. The third kappa shape index (κ3) is 5.56. The summed E-state index contributed by atoms with van der Waals surface area (Å²) in [6.45, 7) is 2.58. The van der Waals surface area contributed by atoms with Crippen molar-refractivity contribution in [2.45, 2.75) is 25.9 Å². The third-order valence-electron chi connectivity index (χ3n) is 2.23. The van der Waals surface area contributed by atoms with Crippen molar-refractivity contribution in [2.75, 3.05) is 19.8 Å². The number of benzene rings is 1. The summed E-state index contributed by atoms with van der Waals surface area (Å²) in [5.41, 5.74) is 0. The van der Waals surface area contributed by atoms with Crippen LogP contribution in [0.2, 0.25) is 0 Å². The van der Waals surface area contributed by atoms with Crippen molar-refractivity contribution in [1.82, 2.24) is 0 Å². The van der Waals surface area contributed by atoms with Gasteiger partial charge in [0.25, 0.3) is 0 Å². The van der Waals surface area contributed by atoms with Gasteiger partial charge in [0.15, 0.2) is 0 Å². The van der Waals surface area contributed by atoms with Gasteiger partial charge in [0.05, 0.1) is 13.2 Å². The fraction of sp³-hybridized carbons (Fsp3) is 0.538. The molecule has 17 heavy (non-hydrogen) atoms. The molecule has 0 aliphatic heterocycles. The molecule has 4 heteroatoms. The highest BCUT2D eigenvalue weighted by atomic mass is 16.5. The van der Waals surface area contributed by atoms with Gasteiger partial charge >= 0.3 is 0 Å². The van der Waals surface area contributed by atoms with Crippen molar-refractivity contribution in [3.05, 3.63) is 24.3 Å². The number of rotatable bonds is 8. The molecule has 0 bridgehead atoms. The van der Waals surface area contributed by atoms with Crippen LogP contribution in [0, 0.1) is 0 Å². The van der Waals surface area contributed by atoms with Gasteiger partial charge in [-0.15, -0.1) is 0 Å². The highest BCUT2D eigenvalue weighted by Crippen LogP contribution is 2.19. The summed E-state index contributed by atoms with van der Waals surface area (Å²) in [6, 6.07) is 7.27. The minimum atomic E-state index is -0.848. The summed E-state index contributed by atoms with van der Waals surface area (Å²) >= 11 is 0. The first kappa shape index (κ1) is 13.8. The van der Waals surface area contributed by atoms with E-state index in [-0.39, 0.29) is 13.2 Å². The highest BCUT2D eigenvalue weighted by molar-refractivity contribution is 5.32. The Bertz CT molecular complexity index is 314. The molecule has 1 atom stereocenters. The molecule has 1 aromatic carbocycles. The van der Waals surface area contributed by atoms with E-state index in [2.05, 4.69) is 6.92 Å². The second-order valence-corrected chi connectivity index (χ2v) is 3.82. The van der Waals surface area contributed by atoms with Crippen molar-refractivity contribution in [3.8, 4) is 11.5 Å². The summed E-state index contributed by atoms with van der Waals surface area (Å²) in [5.74, 6) is 1.39. The molecule has 1 unspecified atom stereocenters. The normalized spacial score (nSPS) is 12.2. The zero-order chi connectivity index (χ0) is 12.5. The summed E-state index contributed by atoms with van der Waals surface area (Å²) in [5, 5.41) is 17.8. The van der Waals surface area contributed by atoms with Crippen LogP contribution in [0.3, 0.4) is 0 Å². The van der Waals surface area contributed by atoms with Gasteiger partial charge in [-0.1, -0.05) is 19.4 Å². The standard InChI is InChI=1S/C13H20O4/c1-2-3-7-16-12-5-4-6-13(8-12)17-10-11(15)9-14/h4-6,8,11,14-15H,2-3,7,9-10H2,1H3. The molecule has 0 spiro atoms. The predicted molar refractivity (Wildman–Crippen MR) is 65.4 cm³/mol. The first-order valence-electron chi connectivity index (χ1n) is 5.90. The van der Waals surface area contributed by atoms with Gasteiger partial charge < -0.3 is 19.7 Å². The maximum Gasteiger partial charge on any atom is 0.123 e. The Kier molecular flexibility index (Phi) is 6.43. The van der Waals surface area contributed by atoms with Crippen molar-refractivity contribution in [2.24, 2.45) is 0 Å². The van der Waals surface area contributed by atoms with Crippen molar-refractivity contribution in [3.63, 3.8) is 0 Å². The summed E-state index contributed by atoms with van der Waals surface area (Å²) in [7, 11) is 0. The molecule has 4 nitrogen and oxygen atoms in total. The SMILES string of the molecule is CCCCOc1cccc(OCC(O)CO)c1. The Morgan fingerprint density at radius 2 is 1.94 bits per heavy atom. The zero-order valence-corrected chi connectivity index (χ0v) is 10.1. The second kappa shape index (κ2) is 7.92. The molecule has 0 aliphatic rings. The van der Waals surface area contributed by atoms with E-state index in [4.69, 9.17) is 19.7 Å². The Hall–Kier alpha value is -1.26. The number of ether oxygens (including phenoxy) is 2. The molecule has 0 aliphatic carbocycles. The lowest BCUT2D eigenvalue weighted by Gasteiger charge is -2.11. The highest BCUT2D eigenvalue weighted by Gasteiger charge is 2.03. The van der Waals surface area contributed by atoms with E-state index in [0.717, 1.165) is 18.6 Å². The number of aliphatic hydroxyl groups is 2. The van der Waals surface area contributed by atoms with Crippen molar-refractivity contribution < 1.29 is 19.7 Å². The molecule has 96 valence electrons. The molecule has 1 aromatic rings. The first-order chi connectivity index (χ1) is 8.26. The predicted octanol–water partition coefficient (Wildman–Crippen LogP) is 1.60. The zero-order valence-electron chi connectivity index (χ0n) is 10.1. The molecule has 1 rings (SSSR count). The van der Waals surface area contributed by atoms with E-state index < -0.39 is 6.10 Å². The fourth-order valence-corrected chi connectivity index (χ4v) is 1.23. The van der Waals surface area contributed by atoms with Gasteiger partial charge in [-0.25, -0.2) is 0 Å². The fourth-order valence-electron chi connectivity index (χ4n) is 1.23. The van der Waals surface area contributed by atoms with Crippen molar-refractivity contribution in [1.29, 1.82) is 0 Å². The van der Waals surface area contributed by atoms with E-state index in [0.29, 0.717) is 12.4 Å². The largest absolute Gasteiger partial charge is 0.493 e. The van der Waals surface area contributed by atoms with E-state index in [1.165, 1.54) is 0 Å². The molecule has 0 aromatic heterocycles. The van der Waals surface area contributed by atoms with E-state index in [1.807, 2.05) is 12.1 Å². The van der Waals surface area contributed by atoms with E-state index in [9.17, 15) is 0 Å². The second-order valence-electron chi connectivity index (χ2n) is 3.82. The summed E-state index contributed by atoms with van der Waals surface area (Å²) in [6.07, 6.45) is 1.27. The maximum atomic E-state index is 9.16. The number of hydrogen-bond donors (Lipinski definition) is 2. The first-order valence-corrected chi connectivity index (χ1v) is 5.90. The molecular weight excluding hydrogens is 220 g/mol. The molecule has 0 saturated heterocycles. The number of unbranched alkanes of at least 4 members (excludes halogenated alkanes) is 1. The molecule has 2 N–H and O–H groups in total. The Labute approximate surface area is 102 Å².